The topological polar surface area (TPSA) is 80.9 Å². The molecule has 28 heavy (non-hydrogen) atoms. The number of aliphatic hydroxyl groups excluding tert-OH is 2. The van der Waals surface area contributed by atoms with Crippen LogP contribution in [-0.2, 0) is 0 Å². The van der Waals surface area contributed by atoms with Crippen LogP contribution in [0.25, 0.3) is 0 Å². The highest BCUT2D eigenvalue weighted by atomic mass is 16.3. The van der Waals surface area contributed by atoms with Gasteiger partial charge in [0, 0.05) is 17.8 Å². The summed E-state index contributed by atoms with van der Waals surface area (Å²) in [7, 11) is 0. The van der Waals surface area contributed by atoms with Crippen molar-refractivity contribution in [1.29, 1.82) is 0 Å². The molecule has 0 aromatic rings. The number of hydrogen-bond acceptors (Lipinski definition) is 4. The summed E-state index contributed by atoms with van der Waals surface area (Å²) < 4.78 is 0. The van der Waals surface area contributed by atoms with Gasteiger partial charge in [-0.1, -0.05) is 25.7 Å². The van der Waals surface area contributed by atoms with E-state index in [1.54, 1.807) is 0 Å². The normalized spacial score (nSPS) is 65.6. The summed E-state index contributed by atoms with van der Waals surface area (Å²) >= 11 is 0. The van der Waals surface area contributed by atoms with Crippen molar-refractivity contribution in [3.05, 3.63) is 0 Å². The number of aliphatic hydroxyl groups is 4. The Morgan fingerprint density at radius 1 is 0.929 bits per heavy atom. The molecule has 4 nitrogen and oxygen atoms in total. The molecule has 6 saturated carbocycles. The molecule has 6 fully saturated rings. The van der Waals surface area contributed by atoms with Gasteiger partial charge in [-0.2, -0.15) is 0 Å². The molecule has 6 aliphatic rings. The first-order chi connectivity index (χ1) is 13.2. The van der Waals surface area contributed by atoms with E-state index in [-0.39, 0.29) is 29.5 Å². The van der Waals surface area contributed by atoms with Crippen molar-refractivity contribution < 1.29 is 20.4 Å². The summed E-state index contributed by atoms with van der Waals surface area (Å²) in [6.07, 6.45) is 6.06. The van der Waals surface area contributed by atoms with Crippen LogP contribution in [0.1, 0.15) is 58.8 Å². The van der Waals surface area contributed by atoms with Gasteiger partial charge in [0.1, 0.15) is 12.2 Å². The largest absolute Gasteiger partial charge is 0.393 e. The third kappa shape index (κ3) is 1.81. The first-order valence-corrected chi connectivity index (χ1v) is 11.4. The molecule has 0 aromatic heterocycles. The Morgan fingerprint density at radius 2 is 1.64 bits per heavy atom. The van der Waals surface area contributed by atoms with Crippen molar-refractivity contribution in [3.63, 3.8) is 0 Å². The second kappa shape index (κ2) is 5.17. The lowest BCUT2D eigenvalue weighted by Gasteiger charge is -2.64. The van der Waals surface area contributed by atoms with Gasteiger partial charge < -0.3 is 20.4 Å². The highest BCUT2D eigenvalue weighted by molar-refractivity contribution is 5.36. The van der Waals surface area contributed by atoms with Gasteiger partial charge in [-0.25, -0.2) is 0 Å². The maximum atomic E-state index is 11.8. The fourth-order valence-electron chi connectivity index (χ4n) is 9.57. The second-order valence-electron chi connectivity index (χ2n) is 11.6. The average molecular weight is 390 g/mol. The van der Waals surface area contributed by atoms with Crippen molar-refractivity contribution in [2.75, 3.05) is 6.61 Å². The summed E-state index contributed by atoms with van der Waals surface area (Å²) in [5, 5.41) is 43.1. The van der Waals surface area contributed by atoms with Crippen LogP contribution in [-0.4, -0.2) is 44.3 Å². The minimum atomic E-state index is -0.960. The van der Waals surface area contributed by atoms with E-state index in [4.69, 9.17) is 0 Å². The third-order valence-electron chi connectivity index (χ3n) is 11.0. The summed E-state index contributed by atoms with van der Waals surface area (Å²) in [5.74, 6) is 9.14. The van der Waals surface area contributed by atoms with E-state index in [9.17, 15) is 20.4 Å². The maximum absolute atomic E-state index is 11.8. The van der Waals surface area contributed by atoms with Crippen LogP contribution >= 0.6 is 0 Å². The summed E-state index contributed by atoms with van der Waals surface area (Å²) in [6.45, 7) is 4.38. The van der Waals surface area contributed by atoms with Crippen LogP contribution in [0.15, 0.2) is 0 Å². The lowest BCUT2D eigenvalue weighted by atomic mass is 9.42. The fourth-order valence-corrected chi connectivity index (χ4v) is 9.57. The zero-order valence-electron chi connectivity index (χ0n) is 17.1. The molecule has 0 amide bonds. The molecule has 6 rings (SSSR count). The Bertz CT molecular complexity index is 785. The van der Waals surface area contributed by atoms with Gasteiger partial charge in [0.05, 0.1) is 11.7 Å². The van der Waals surface area contributed by atoms with Crippen LogP contribution in [0.3, 0.4) is 0 Å². The van der Waals surface area contributed by atoms with Gasteiger partial charge in [0.25, 0.3) is 0 Å². The van der Waals surface area contributed by atoms with Crippen molar-refractivity contribution in [2.45, 2.75) is 76.1 Å². The number of fused-ring (bicyclic) bond motifs is 10. The smallest absolute Gasteiger partial charge is 0.134 e. The van der Waals surface area contributed by atoms with Gasteiger partial charge in [-0.3, -0.25) is 0 Å². The number of rotatable bonds is 0. The van der Waals surface area contributed by atoms with E-state index in [0.717, 1.165) is 38.5 Å². The molecular formula is C24H34O4. The third-order valence-corrected chi connectivity index (χ3v) is 11.0. The molecule has 12 atom stereocenters. The van der Waals surface area contributed by atoms with Gasteiger partial charge >= 0.3 is 0 Å². The van der Waals surface area contributed by atoms with Gasteiger partial charge in [-0.15, -0.1) is 0 Å². The summed E-state index contributed by atoms with van der Waals surface area (Å²) in [5.41, 5.74) is -1.98. The van der Waals surface area contributed by atoms with Crippen LogP contribution in [0.4, 0.5) is 0 Å². The lowest BCUT2D eigenvalue weighted by Crippen LogP contribution is -2.65. The Morgan fingerprint density at radius 3 is 2.39 bits per heavy atom. The molecular weight excluding hydrogens is 355 g/mol. The van der Waals surface area contributed by atoms with E-state index in [0.29, 0.717) is 41.9 Å². The van der Waals surface area contributed by atoms with Crippen molar-refractivity contribution in [2.24, 2.45) is 52.3 Å². The SMILES string of the molecule is C[C@]12CC[C@H]3[C@@H]([C@H]4C[C@H]4[C@]4(O)C[C@@H](O)CC[C@]34C)[C@@H]1[C@@H]1C[C@@H]1[C@@]2(O)[13C]#[13C][13CH2]O. The summed E-state index contributed by atoms with van der Waals surface area (Å²) in [4.78, 5) is 0. The zero-order chi connectivity index (χ0) is 19.7. The van der Waals surface area contributed by atoms with E-state index in [1.807, 2.05) is 0 Å². The molecule has 4 N–H and O–H groups in total. The second-order valence-corrected chi connectivity index (χ2v) is 11.6. The molecule has 0 radical (unpaired) electrons. The Balaban J connectivity index is 1.42. The molecule has 6 aliphatic carbocycles. The van der Waals surface area contributed by atoms with Crippen LogP contribution < -0.4 is 0 Å². The number of hydrogen-bond donors (Lipinski definition) is 4. The molecule has 0 unspecified atom stereocenters. The first kappa shape index (κ1) is 18.2. The molecule has 4 heteroatoms. The molecule has 0 aromatic carbocycles. The highest BCUT2D eigenvalue weighted by Crippen LogP contribution is 2.81. The maximum Gasteiger partial charge on any atom is 0.134 e. The average Bonchev–Trinajstić information content (AvgIpc) is 3.54. The molecule has 0 aliphatic heterocycles. The zero-order valence-corrected chi connectivity index (χ0v) is 17.1. The molecule has 0 heterocycles. The standard InChI is InChI=1S/C24H34O4/c1-21-7-4-13(26)12-24(21,28)17-10-14(17)19-16(21)5-8-22(2)20(19)15-11-18(15)23(22,27)6-3-9-25/h13-20,25-28H,4-5,7-12H2,1-2H3/t13-,14-,15+,16-,17+,18-,19+,20-,21+,22-,23-,24+/m0/s1/i3+1,6+1,9+1. The van der Waals surface area contributed by atoms with Gasteiger partial charge in [0.15, 0.2) is 0 Å². The molecule has 0 bridgehead atoms. The Kier molecular flexibility index (Phi) is 3.36. The molecule has 0 spiro atoms. The predicted molar refractivity (Wildman–Crippen MR) is 104 cm³/mol. The van der Waals surface area contributed by atoms with E-state index in [2.05, 4.69) is 25.7 Å². The van der Waals surface area contributed by atoms with Crippen LogP contribution in [0, 0.1) is 64.1 Å². The van der Waals surface area contributed by atoms with E-state index >= 15 is 0 Å². The van der Waals surface area contributed by atoms with Crippen molar-refractivity contribution in [3.8, 4) is 11.8 Å². The molecule has 0 saturated heterocycles. The monoisotopic (exact) mass is 389 g/mol. The van der Waals surface area contributed by atoms with Crippen molar-refractivity contribution in [1.82, 2.24) is 0 Å². The first-order valence-electron chi connectivity index (χ1n) is 11.4. The predicted octanol–water partition coefficient (Wildman–Crippen LogP) is 1.94. The Labute approximate surface area is 167 Å². The summed E-state index contributed by atoms with van der Waals surface area (Å²) in [6, 6.07) is 0. The highest BCUT2D eigenvalue weighted by Gasteiger charge is 2.81. The van der Waals surface area contributed by atoms with Gasteiger partial charge in [-0.05, 0) is 79.4 Å². The van der Waals surface area contributed by atoms with Gasteiger partial charge in [0.2, 0.25) is 0 Å². The fraction of sp³-hybridized carbons (Fsp3) is 0.917. The molecule has 154 valence electrons. The minimum absolute atomic E-state index is 0.113. The van der Waals surface area contributed by atoms with Crippen molar-refractivity contribution >= 4 is 0 Å². The lowest BCUT2D eigenvalue weighted by molar-refractivity contribution is -0.233. The van der Waals surface area contributed by atoms with E-state index < -0.39 is 11.2 Å². The quantitative estimate of drug-likeness (QED) is 0.377. The Hall–Kier alpha value is -0.600. The van der Waals surface area contributed by atoms with Crippen LogP contribution in [0.5, 0.6) is 0 Å². The minimum Gasteiger partial charge on any atom is -0.393 e. The van der Waals surface area contributed by atoms with Crippen LogP contribution in [0.2, 0.25) is 0 Å². The van der Waals surface area contributed by atoms with E-state index in [1.165, 1.54) is 0 Å².